The maximum absolute atomic E-state index is 13.0. The Morgan fingerprint density at radius 1 is 1.30 bits per heavy atom. The zero-order chi connectivity index (χ0) is 14.2. The predicted molar refractivity (Wildman–Crippen MR) is 61.9 cm³/mol. The highest BCUT2D eigenvalue weighted by Crippen LogP contribution is 2.38. The summed E-state index contributed by atoms with van der Waals surface area (Å²) in [4.78, 5) is 0. The number of H-pyrrole nitrogens is 1. The first kappa shape index (κ1) is 12.5. The molecule has 5 nitrogen and oxygen atoms in total. The molecule has 0 unspecified atom stereocenters. The van der Waals surface area contributed by atoms with Crippen LogP contribution in [0.2, 0.25) is 0 Å². The number of fused-ring (bicyclic) bond motifs is 1. The van der Waals surface area contributed by atoms with E-state index in [9.17, 15) is 13.2 Å². The van der Waals surface area contributed by atoms with Gasteiger partial charge in [0.05, 0.1) is 17.3 Å². The first-order chi connectivity index (χ1) is 9.54. The van der Waals surface area contributed by atoms with Crippen molar-refractivity contribution in [2.45, 2.75) is 12.8 Å². The third kappa shape index (κ3) is 2.31. The number of hydrogen-bond donors (Lipinski definition) is 1. The van der Waals surface area contributed by atoms with Crippen LogP contribution in [-0.4, -0.2) is 15.4 Å². The van der Waals surface area contributed by atoms with Crippen LogP contribution >= 0.6 is 0 Å². The molecule has 1 N–H and O–H groups in total. The smallest absolute Gasteiger partial charge is 0.419 e. The second-order valence-corrected chi connectivity index (χ2v) is 4.08. The Kier molecular flexibility index (Phi) is 2.85. The minimum absolute atomic E-state index is 0.112. The molecule has 1 aromatic carbocycles. The van der Waals surface area contributed by atoms with Gasteiger partial charge in [0.15, 0.2) is 0 Å². The summed E-state index contributed by atoms with van der Waals surface area (Å²) in [5.41, 5.74) is 0.0193. The van der Waals surface area contributed by atoms with Gasteiger partial charge in [-0.3, -0.25) is 5.10 Å². The first-order valence-electron chi connectivity index (χ1n) is 5.60. The van der Waals surface area contributed by atoms with Crippen molar-refractivity contribution in [2.24, 2.45) is 0 Å². The topological polar surface area (TPSA) is 63.9 Å². The molecule has 0 saturated heterocycles. The lowest BCUT2D eigenvalue weighted by Gasteiger charge is -2.13. The average Bonchev–Trinajstić information content (AvgIpc) is 3.04. The molecule has 0 atom stereocenters. The van der Waals surface area contributed by atoms with Crippen molar-refractivity contribution in [1.82, 2.24) is 15.4 Å². The molecule has 0 amide bonds. The molecule has 3 rings (SSSR count). The fraction of sp³-hybridized carbons (Fsp3) is 0.167. The number of nitrogens with one attached hydrogen (secondary N) is 1. The van der Waals surface area contributed by atoms with E-state index >= 15 is 0 Å². The Labute approximate surface area is 110 Å². The molecule has 3 aromatic rings. The van der Waals surface area contributed by atoms with Gasteiger partial charge in [-0.15, -0.1) is 0 Å². The Bertz CT molecular complexity index is 719. The maximum atomic E-state index is 13.0. The minimum Gasteiger partial charge on any atom is -0.486 e. The molecule has 8 heteroatoms. The number of nitrogens with zero attached hydrogens (tertiary/aromatic N) is 2. The Hall–Kier alpha value is -2.51. The van der Waals surface area contributed by atoms with Crippen molar-refractivity contribution in [3.63, 3.8) is 0 Å². The van der Waals surface area contributed by atoms with Crippen molar-refractivity contribution in [3.05, 3.63) is 41.9 Å². The molecule has 0 aliphatic carbocycles. The van der Waals surface area contributed by atoms with Crippen LogP contribution in [0.3, 0.4) is 0 Å². The first-order valence-corrected chi connectivity index (χ1v) is 5.60. The van der Waals surface area contributed by atoms with Gasteiger partial charge in [-0.2, -0.15) is 18.3 Å². The summed E-state index contributed by atoms with van der Waals surface area (Å²) in [5.74, 6) is -0.280. The largest absolute Gasteiger partial charge is 0.486 e. The van der Waals surface area contributed by atoms with Crippen molar-refractivity contribution in [1.29, 1.82) is 0 Å². The lowest BCUT2D eigenvalue weighted by Crippen LogP contribution is -2.09. The molecule has 0 aliphatic heterocycles. The third-order valence-electron chi connectivity index (χ3n) is 2.71. The van der Waals surface area contributed by atoms with Crippen LogP contribution in [-0.2, 0) is 12.8 Å². The van der Waals surface area contributed by atoms with Gasteiger partial charge in [-0.1, -0.05) is 5.16 Å². The Balaban J connectivity index is 1.98. The molecule has 20 heavy (non-hydrogen) atoms. The highest BCUT2D eigenvalue weighted by molar-refractivity contribution is 5.81. The molecular weight excluding hydrogens is 275 g/mol. The van der Waals surface area contributed by atoms with Crippen LogP contribution in [0, 0.1) is 0 Å². The number of benzene rings is 1. The molecule has 0 fully saturated rings. The van der Waals surface area contributed by atoms with E-state index < -0.39 is 11.7 Å². The number of aromatic nitrogens is 3. The highest BCUT2D eigenvalue weighted by Gasteiger charge is 2.35. The summed E-state index contributed by atoms with van der Waals surface area (Å²) in [7, 11) is 0. The quantitative estimate of drug-likeness (QED) is 0.802. The molecule has 2 heterocycles. The van der Waals surface area contributed by atoms with Crippen molar-refractivity contribution in [3.8, 4) is 5.75 Å². The van der Waals surface area contributed by atoms with E-state index in [0.717, 1.165) is 6.07 Å². The summed E-state index contributed by atoms with van der Waals surface area (Å²) < 4.78 is 48.8. The van der Waals surface area contributed by atoms with Gasteiger partial charge in [-0.25, -0.2) is 0 Å². The van der Waals surface area contributed by atoms with Gasteiger partial charge in [0, 0.05) is 17.5 Å². The van der Waals surface area contributed by atoms with Crippen molar-refractivity contribution >= 4 is 10.9 Å². The number of alkyl halides is 3. The van der Waals surface area contributed by atoms with E-state index in [4.69, 9.17) is 4.74 Å². The highest BCUT2D eigenvalue weighted by atomic mass is 19.4. The fourth-order valence-corrected chi connectivity index (χ4v) is 1.78. The summed E-state index contributed by atoms with van der Waals surface area (Å²) in [5, 5.41) is 10.2. The number of rotatable bonds is 3. The molecule has 0 saturated carbocycles. The summed E-state index contributed by atoms with van der Waals surface area (Å²) >= 11 is 0. The Morgan fingerprint density at radius 3 is 2.85 bits per heavy atom. The number of halogens is 3. The summed E-state index contributed by atoms with van der Waals surface area (Å²) in [6, 6.07) is 3.78. The van der Waals surface area contributed by atoms with Gasteiger partial charge in [0.1, 0.15) is 24.3 Å². The van der Waals surface area contributed by atoms with E-state index in [0.29, 0.717) is 16.6 Å². The number of aromatic amines is 1. The molecule has 0 radical (unpaired) electrons. The zero-order valence-corrected chi connectivity index (χ0v) is 9.94. The van der Waals surface area contributed by atoms with E-state index in [1.54, 1.807) is 0 Å². The second kappa shape index (κ2) is 4.55. The van der Waals surface area contributed by atoms with E-state index in [1.165, 1.54) is 24.6 Å². The molecular formula is C12H8F3N3O2. The van der Waals surface area contributed by atoms with Crippen molar-refractivity contribution in [2.75, 3.05) is 0 Å². The summed E-state index contributed by atoms with van der Waals surface area (Å²) in [6.07, 6.45) is -1.86. The second-order valence-electron chi connectivity index (χ2n) is 4.08. The van der Waals surface area contributed by atoms with Crippen LogP contribution in [0.4, 0.5) is 13.2 Å². The molecule has 2 aromatic heterocycles. The van der Waals surface area contributed by atoms with Crippen molar-refractivity contribution < 1.29 is 22.4 Å². The van der Waals surface area contributed by atoms with Crippen LogP contribution in [0.15, 0.2) is 35.2 Å². The van der Waals surface area contributed by atoms with Gasteiger partial charge in [-0.05, 0) is 6.07 Å². The lowest BCUT2D eigenvalue weighted by molar-refractivity contribution is -0.138. The van der Waals surface area contributed by atoms with Crippen LogP contribution < -0.4 is 4.74 Å². The minimum atomic E-state index is -4.51. The average molecular weight is 283 g/mol. The predicted octanol–water partition coefficient (Wildman–Crippen LogP) is 3.15. The van der Waals surface area contributed by atoms with E-state index in [-0.39, 0.29) is 12.4 Å². The molecule has 0 spiro atoms. The SMILES string of the molecule is FC(F)(F)c1cc2cn[nH]c2cc1OCc1ccon1. The summed E-state index contributed by atoms with van der Waals surface area (Å²) in [6.45, 7) is -0.112. The Morgan fingerprint density at radius 2 is 2.15 bits per heavy atom. The van der Waals surface area contributed by atoms with Gasteiger partial charge < -0.3 is 9.26 Å². The maximum Gasteiger partial charge on any atom is 0.419 e. The van der Waals surface area contributed by atoms with Crippen LogP contribution in [0.5, 0.6) is 5.75 Å². The normalized spacial score (nSPS) is 11.9. The molecule has 0 aliphatic rings. The van der Waals surface area contributed by atoms with Gasteiger partial charge in [0.25, 0.3) is 0 Å². The van der Waals surface area contributed by atoms with E-state index in [2.05, 4.69) is 19.9 Å². The van der Waals surface area contributed by atoms with Crippen LogP contribution in [0.1, 0.15) is 11.3 Å². The lowest BCUT2D eigenvalue weighted by atomic mass is 10.1. The zero-order valence-electron chi connectivity index (χ0n) is 9.94. The van der Waals surface area contributed by atoms with Gasteiger partial charge in [0.2, 0.25) is 0 Å². The monoisotopic (exact) mass is 283 g/mol. The standard InChI is InChI=1S/C12H8F3N3O2/c13-12(14,15)9-3-7-5-16-17-10(7)4-11(9)19-6-8-1-2-20-18-8/h1-5H,6H2,(H,16,17). The van der Waals surface area contributed by atoms with Crippen LogP contribution in [0.25, 0.3) is 10.9 Å². The van der Waals surface area contributed by atoms with E-state index in [1.807, 2.05) is 0 Å². The number of ether oxygens (including phenoxy) is 1. The molecule has 104 valence electrons. The van der Waals surface area contributed by atoms with Gasteiger partial charge >= 0.3 is 6.18 Å². The number of hydrogen-bond acceptors (Lipinski definition) is 4. The molecule has 0 bridgehead atoms. The third-order valence-corrected chi connectivity index (χ3v) is 2.71. The fourth-order valence-electron chi connectivity index (χ4n) is 1.78.